The summed E-state index contributed by atoms with van der Waals surface area (Å²) in [5.41, 5.74) is 9.35. The van der Waals surface area contributed by atoms with E-state index in [1.807, 2.05) is 30.7 Å². The SMILES string of the molecule is N/C(=C\N(N)CC(c1ccccc1)c1ccccc1)CN1C=CNC1. The van der Waals surface area contributed by atoms with Gasteiger partial charge in [0, 0.05) is 36.8 Å². The molecule has 0 saturated heterocycles. The first-order chi connectivity index (χ1) is 12.2. The number of benzene rings is 2. The van der Waals surface area contributed by atoms with Crippen molar-refractivity contribution in [2.75, 3.05) is 19.8 Å². The van der Waals surface area contributed by atoms with Crippen LogP contribution in [0.2, 0.25) is 0 Å². The Morgan fingerprint density at radius 1 is 1.08 bits per heavy atom. The summed E-state index contributed by atoms with van der Waals surface area (Å²) in [5.74, 6) is 6.43. The van der Waals surface area contributed by atoms with Crippen LogP contribution in [-0.2, 0) is 0 Å². The van der Waals surface area contributed by atoms with E-state index < -0.39 is 0 Å². The lowest BCUT2D eigenvalue weighted by Crippen LogP contribution is -2.33. The number of hydrazine groups is 1. The number of hydrogen-bond acceptors (Lipinski definition) is 5. The lowest BCUT2D eigenvalue weighted by molar-refractivity contribution is 0.365. The summed E-state index contributed by atoms with van der Waals surface area (Å²) in [6, 6.07) is 20.8. The Balaban J connectivity index is 1.72. The first kappa shape index (κ1) is 16.9. The van der Waals surface area contributed by atoms with E-state index in [9.17, 15) is 0 Å². The molecular formula is C20H25N5. The lowest BCUT2D eigenvalue weighted by atomic mass is 9.91. The van der Waals surface area contributed by atoms with Gasteiger partial charge in [0.05, 0.1) is 13.2 Å². The van der Waals surface area contributed by atoms with Gasteiger partial charge < -0.3 is 21.0 Å². The predicted octanol–water partition coefficient (Wildman–Crippen LogP) is 2.13. The molecule has 0 amide bonds. The van der Waals surface area contributed by atoms with E-state index in [1.165, 1.54) is 11.1 Å². The minimum atomic E-state index is 0.185. The average molecular weight is 335 g/mol. The highest BCUT2D eigenvalue weighted by Gasteiger charge is 2.16. The van der Waals surface area contributed by atoms with Crippen LogP contribution in [0.3, 0.4) is 0 Å². The number of nitrogens with two attached hydrogens (primary N) is 2. The van der Waals surface area contributed by atoms with Gasteiger partial charge in [-0.05, 0) is 11.1 Å². The van der Waals surface area contributed by atoms with Gasteiger partial charge in [-0.25, -0.2) is 5.84 Å². The molecule has 5 N–H and O–H groups in total. The summed E-state index contributed by atoms with van der Waals surface area (Å²) in [7, 11) is 0. The molecule has 0 unspecified atom stereocenters. The molecule has 2 aromatic carbocycles. The van der Waals surface area contributed by atoms with Crippen LogP contribution >= 0.6 is 0 Å². The van der Waals surface area contributed by atoms with E-state index in [0.717, 1.165) is 12.4 Å². The van der Waals surface area contributed by atoms with Gasteiger partial charge in [0.15, 0.2) is 0 Å². The molecule has 0 radical (unpaired) electrons. The summed E-state index contributed by atoms with van der Waals surface area (Å²) in [6.45, 7) is 2.08. The van der Waals surface area contributed by atoms with Crippen LogP contribution in [-0.4, -0.2) is 29.7 Å². The molecule has 0 spiro atoms. The Labute approximate surface area is 149 Å². The molecule has 25 heavy (non-hydrogen) atoms. The fraction of sp³-hybridized carbons (Fsp3) is 0.200. The van der Waals surface area contributed by atoms with Gasteiger partial charge in [-0.3, -0.25) is 0 Å². The molecule has 1 aliphatic heterocycles. The molecule has 5 nitrogen and oxygen atoms in total. The van der Waals surface area contributed by atoms with Gasteiger partial charge in [-0.15, -0.1) is 0 Å². The van der Waals surface area contributed by atoms with Crippen molar-refractivity contribution in [3.8, 4) is 0 Å². The molecule has 0 bridgehead atoms. The van der Waals surface area contributed by atoms with Crippen LogP contribution in [0.15, 0.2) is 85.0 Å². The van der Waals surface area contributed by atoms with Crippen molar-refractivity contribution in [1.82, 2.24) is 15.2 Å². The molecule has 0 atom stereocenters. The monoisotopic (exact) mass is 335 g/mol. The topological polar surface area (TPSA) is 70.5 Å². The molecule has 1 heterocycles. The highest BCUT2D eigenvalue weighted by Crippen LogP contribution is 2.25. The fourth-order valence-electron chi connectivity index (χ4n) is 3.02. The van der Waals surface area contributed by atoms with Crippen molar-refractivity contribution in [2.45, 2.75) is 5.92 Å². The molecule has 1 aliphatic rings. The average Bonchev–Trinajstić information content (AvgIpc) is 3.14. The summed E-state index contributed by atoms with van der Waals surface area (Å²) >= 11 is 0. The van der Waals surface area contributed by atoms with E-state index >= 15 is 0 Å². The van der Waals surface area contributed by atoms with Crippen LogP contribution in [0.5, 0.6) is 0 Å². The summed E-state index contributed by atoms with van der Waals surface area (Å²) < 4.78 is 0. The van der Waals surface area contributed by atoms with Gasteiger partial charge in [0.1, 0.15) is 0 Å². The van der Waals surface area contributed by atoms with Crippen LogP contribution in [0.4, 0.5) is 0 Å². The molecule has 0 aliphatic carbocycles. The van der Waals surface area contributed by atoms with Crippen LogP contribution < -0.4 is 16.9 Å². The van der Waals surface area contributed by atoms with Crippen LogP contribution in [0.25, 0.3) is 0 Å². The maximum absolute atomic E-state index is 6.25. The van der Waals surface area contributed by atoms with Crippen molar-refractivity contribution >= 4 is 0 Å². The summed E-state index contributed by atoms with van der Waals surface area (Å²) in [5, 5.41) is 4.81. The highest BCUT2D eigenvalue weighted by atomic mass is 15.4. The normalized spacial score (nSPS) is 14.0. The minimum Gasteiger partial charge on any atom is -0.399 e. The zero-order chi connectivity index (χ0) is 17.5. The lowest BCUT2D eigenvalue weighted by Gasteiger charge is -2.24. The number of hydrogen-bond donors (Lipinski definition) is 3. The van der Waals surface area contributed by atoms with Gasteiger partial charge in [-0.1, -0.05) is 60.7 Å². The zero-order valence-electron chi connectivity index (χ0n) is 14.3. The van der Waals surface area contributed by atoms with E-state index in [2.05, 4.69) is 58.7 Å². The molecule has 0 aromatic heterocycles. The number of nitrogens with one attached hydrogen (secondary N) is 1. The van der Waals surface area contributed by atoms with Crippen LogP contribution in [0, 0.1) is 0 Å². The molecule has 0 fully saturated rings. The van der Waals surface area contributed by atoms with Crippen molar-refractivity contribution in [1.29, 1.82) is 0 Å². The first-order valence-corrected chi connectivity index (χ1v) is 8.44. The summed E-state index contributed by atoms with van der Waals surface area (Å²) in [6.07, 6.45) is 5.72. The summed E-state index contributed by atoms with van der Waals surface area (Å²) in [4.78, 5) is 2.09. The molecule has 2 aromatic rings. The molecule has 0 saturated carbocycles. The smallest absolute Gasteiger partial charge is 0.0871 e. The van der Waals surface area contributed by atoms with Gasteiger partial charge in [0.2, 0.25) is 0 Å². The molecule has 130 valence electrons. The van der Waals surface area contributed by atoms with Crippen molar-refractivity contribution < 1.29 is 0 Å². The third-order valence-electron chi connectivity index (χ3n) is 4.21. The first-order valence-electron chi connectivity index (χ1n) is 8.44. The van der Waals surface area contributed by atoms with Crippen molar-refractivity contribution in [3.05, 3.63) is 96.1 Å². The fourth-order valence-corrected chi connectivity index (χ4v) is 3.02. The number of rotatable bonds is 7. The molecule has 5 heteroatoms. The standard InChI is InChI=1S/C20H25N5/c21-19(13-24-12-11-23-16-24)14-25(22)15-20(17-7-3-1-4-8-17)18-9-5-2-6-10-18/h1-12,14,20,23H,13,15-16,21-22H2/b19-14-. The molecular weight excluding hydrogens is 310 g/mol. The quantitative estimate of drug-likeness (QED) is 0.534. The van der Waals surface area contributed by atoms with Crippen molar-refractivity contribution in [2.24, 2.45) is 11.6 Å². The van der Waals surface area contributed by atoms with Crippen LogP contribution in [0.1, 0.15) is 17.0 Å². The van der Waals surface area contributed by atoms with Gasteiger partial charge in [-0.2, -0.15) is 0 Å². The van der Waals surface area contributed by atoms with E-state index in [1.54, 1.807) is 5.01 Å². The Bertz CT molecular complexity index is 672. The maximum Gasteiger partial charge on any atom is 0.0871 e. The largest absolute Gasteiger partial charge is 0.399 e. The second kappa shape index (κ2) is 8.26. The number of nitrogens with zero attached hydrogens (tertiary/aromatic N) is 2. The third-order valence-corrected chi connectivity index (χ3v) is 4.21. The predicted molar refractivity (Wildman–Crippen MR) is 102 cm³/mol. The molecule has 3 rings (SSSR count). The second-order valence-corrected chi connectivity index (χ2v) is 6.20. The minimum absolute atomic E-state index is 0.185. The Hall–Kier alpha value is -2.92. The highest BCUT2D eigenvalue weighted by molar-refractivity contribution is 5.32. The third kappa shape index (κ3) is 4.78. The second-order valence-electron chi connectivity index (χ2n) is 6.20. The Morgan fingerprint density at radius 3 is 2.20 bits per heavy atom. The maximum atomic E-state index is 6.25. The van der Waals surface area contributed by atoms with Crippen molar-refractivity contribution in [3.63, 3.8) is 0 Å². The van der Waals surface area contributed by atoms with E-state index in [4.69, 9.17) is 11.6 Å². The Kier molecular flexibility index (Phi) is 5.59. The van der Waals surface area contributed by atoms with E-state index in [0.29, 0.717) is 13.1 Å². The van der Waals surface area contributed by atoms with Gasteiger partial charge >= 0.3 is 0 Å². The van der Waals surface area contributed by atoms with Gasteiger partial charge in [0.25, 0.3) is 0 Å². The Morgan fingerprint density at radius 2 is 1.68 bits per heavy atom. The van der Waals surface area contributed by atoms with E-state index in [-0.39, 0.29) is 5.92 Å². The zero-order valence-corrected chi connectivity index (χ0v) is 14.3.